The number of hydrogen-bond donors (Lipinski definition) is 1. The number of nitrogens with one attached hydrogen (secondary N) is 1. The van der Waals surface area contributed by atoms with Crippen LogP contribution in [0.1, 0.15) is 39.0 Å². The van der Waals surface area contributed by atoms with Gasteiger partial charge < -0.3 is 10.1 Å². The first-order valence-corrected chi connectivity index (χ1v) is 7.34. The Kier molecular flexibility index (Phi) is 5.26. The van der Waals surface area contributed by atoms with E-state index in [0.717, 1.165) is 25.2 Å². The number of rotatable bonds is 8. The summed E-state index contributed by atoms with van der Waals surface area (Å²) in [6.45, 7) is 6.70. The molecule has 1 heterocycles. The van der Waals surface area contributed by atoms with Crippen molar-refractivity contribution >= 4 is 0 Å². The highest BCUT2D eigenvalue weighted by atomic mass is 16.5. The molecule has 100 valence electrons. The van der Waals surface area contributed by atoms with Gasteiger partial charge in [0.2, 0.25) is 0 Å². The van der Waals surface area contributed by atoms with E-state index in [1.54, 1.807) is 0 Å². The summed E-state index contributed by atoms with van der Waals surface area (Å²) in [6, 6.07) is 1.51. The molecular weight excluding hydrogens is 212 g/mol. The minimum absolute atomic E-state index is 0.620. The SMILES string of the molecule is CCCCN(CC(NC)C1CCOC1)C1CC1. The van der Waals surface area contributed by atoms with Crippen LogP contribution in [-0.2, 0) is 4.74 Å². The van der Waals surface area contributed by atoms with E-state index < -0.39 is 0 Å². The first-order chi connectivity index (χ1) is 8.35. The molecule has 0 radical (unpaired) electrons. The van der Waals surface area contributed by atoms with Gasteiger partial charge in [-0.2, -0.15) is 0 Å². The van der Waals surface area contributed by atoms with E-state index in [4.69, 9.17) is 4.74 Å². The number of hydrogen-bond acceptors (Lipinski definition) is 3. The summed E-state index contributed by atoms with van der Waals surface area (Å²) in [5.74, 6) is 0.725. The Balaban J connectivity index is 1.81. The van der Waals surface area contributed by atoms with E-state index in [9.17, 15) is 0 Å². The summed E-state index contributed by atoms with van der Waals surface area (Å²) in [6.07, 6.45) is 6.72. The molecule has 0 bridgehead atoms. The largest absolute Gasteiger partial charge is 0.381 e. The molecule has 2 atom stereocenters. The molecule has 2 rings (SSSR count). The molecule has 17 heavy (non-hydrogen) atoms. The van der Waals surface area contributed by atoms with Crippen molar-refractivity contribution in [1.82, 2.24) is 10.2 Å². The van der Waals surface area contributed by atoms with Gasteiger partial charge in [0.15, 0.2) is 0 Å². The lowest BCUT2D eigenvalue weighted by molar-refractivity contribution is 0.160. The Morgan fingerprint density at radius 3 is 2.71 bits per heavy atom. The van der Waals surface area contributed by atoms with Crippen molar-refractivity contribution in [3.63, 3.8) is 0 Å². The van der Waals surface area contributed by atoms with E-state index in [2.05, 4.69) is 24.2 Å². The molecule has 1 saturated carbocycles. The summed E-state index contributed by atoms with van der Waals surface area (Å²) < 4.78 is 5.52. The van der Waals surface area contributed by atoms with Gasteiger partial charge in [-0.15, -0.1) is 0 Å². The molecule has 1 N–H and O–H groups in total. The van der Waals surface area contributed by atoms with Crippen LogP contribution in [0, 0.1) is 5.92 Å². The second kappa shape index (κ2) is 6.72. The first kappa shape index (κ1) is 13.3. The molecule has 3 nitrogen and oxygen atoms in total. The Morgan fingerprint density at radius 2 is 2.18 bits per heavy atom. The standard InChI is InChI=1S/C14H28N2O/c1-3-4-8-16(13-5-6-13)10-14(15-2)12-7-9-17-11-12/h12-15H,3-11H2,1-2H3. The third-order valence-electron chi connectivity index (χ3n) is 4.20. The fourth-order valence-electron chi connectivity index (χ4n) is 2.82. The van der Waals surface area contributed by atoms with Crippen molar-refractivity contribution in [3.8, 4) is 0 Å². The maximum absolute atomic E-state index is 5.52. The molecule has 3 heteroatoms. The second-order valence-electron chi connectivity index (χ2n) is 5.60. The Labute approximate surface area is 106 Å². The highest BCUT2D eigenvalue weighted by molar-refractivity contribution is 4.89. The highest BCUT2D eigenvalue weighted by Crippen LogP contribution is 2.28. The van der Waals surface area contributed by atoms with Gasteiger partial charge in [0.1, 0.15) is 0 Å². The van der Waals surface area contributed by atoms with Gasteiger partial charge in [-0.1, -0.05) is 13.3 Å². The maximum atomic E-state index is 5.52. The Bertz CT molecular complexity index is 212. The summed E-state index contributed by atoms with van der Waals surface area (Å²) >= 11 is 0. The summed E-state index contributed by atoms with van der Waals surface area (Å²) in [5.41, 5.74) is 0. The molecule has 2 unspecified atom stereocenters. The van der Waals surface area contributed by atoms with Crippen molar-refractivity contribution in [2.75, 3.05) is 33.4 Å². The zero-order chi connectivity index (χ0) is 12.1. The van der Waals surface area contributed by atoms with E-state index >= 15 is 0 Å². The molecule has 0 aromatic heterocycles. The van der Waals surface area contributed by atoms with Gasteiger partial charge in [-0.05, 0) is 39.3 Å². The van der Waals surface area contributed by atoms with Gasteiger partial charge in [0.05, 0.1) is 6.61 Å². The lowest BCUT2D eigenvalue weighted by Crippen LogP contribution is -2.45. The second-order valence-corrected chi connectivity index (χ2v) is 5.60. The number of nitrogens with zero attached hydrogens (tertiary/aromatic N) is 1. The predicted molar refractivity (Wildman–Crippen MR) is 71.3 cm³/mol. The van der Waals surface area contributed by atoms with Crippen LogP contribution in [0.15, 0.2) is 0 Å². The molecule has 1 aliphatic heterocycles. The molecule has 0 spiro atoms. The van der Waals surface area contributed by atoms with Crippen LogP contribution >= 0.6 is 0 Å². The average molecular weight is 240 g/mol. The minimum atomic E-state index is 0.620. The first-order valence-electron chi connectivity index (χ1n) is 7.34. The molecule has 0 aromatic carbocycles. The minimum Gasteiger partial charge on any atom is -0.381 e. The average Bonchev–Trinajstić information content (AvgIpc) is 3.05. The van der Waals surface area contributed by atoms with Crippen LogP contribution in [-0.4, -0.2) is 50.3 Å². The van der Waals surface area contributed by atoms with Crippen LogP contribution in [0.3, 0.4) is 0 Å². The molecule has 0 amide bonds. The smallest absolute Gasteiger partial charge is 0.0510 e. The topological polar surface area (TPSA) is 24.5 Å². The Hall–Kier alpha value is -0.120. The van der Waals surface area contributed by atoms with Crippen molar-refractivity contribution < 1.29 is 4.74 Å². The lowest BCUT2D eigenvalue weighted by Gasteiger charge is -2.30. The Morgan fingerprint density at radius 1 is 1.35 bits per heavy atom. The van der Waals surface area contributed by atoms with E-state index in [0.29, 0.717) is 6.04 Å². The zero-order valence-electron chi connectivity index (χ0n) is 11.5. The fraction of sp³-hybridized carbons (Fsp3) is 1.00. The van der Waals surface area contributed by atoms with Gasteiger partial charge >= 0.3 is 0 Å². The number of unbranched alkanes of at least 4 members (excludes halogenated alkanes) is 1. The lowest BCUT2D eigenvalue weighted by atomic mass is 9.98. The quantitative estimate of drug-likeness (QED) is 0.701. The van der Waals surface area contributed by atoms with Crippen LogP contribution < -0.4 is 5.32 Å². The van der Waals surface area contributed by atoms with Gasteiger partial charge in [-0.3, -0.25) is 4.90 Å². The van der Waals surface area contributed by atoms with Crippen LogP contribution in [0.2, 0.25) is 0 Å². The summed E-state index contributed by atoms with van der Waals surface area (Å²) in [5, 5.41) is 3.51. The number of likely N-dealkylation sites (N-methyl/N-ethyl adjacent to an activating group) is 1. The maximum Gasteiger partial charge on any atom is 0.0510 e. The fourth-order valence-corrected chi connectivity index (χ4v) is 2.82. The highest BCUT2D eigenvalue weighted by Gasteiger charge is 2.32. The van der Waals surface area contributed by atoms with Crippen molar-refractivity contribution in [2.45, 2.75) is 51.1 Å². The predicted octanol–water partition coefficient (Wildman–Crippen LogP) is 1.88. The van der Waals surface area contributed by atoms with Gasteiger partial charge in [0, 0.05) is 31.2 Å². The zero-order valence-corrected chi connectivity index (χ0v) is 11.5. The van der Waals surface area contributed by atoms with Crippen molar-refractivity contribution in [1.29, 1.82) is 0 Å². The molecule has 1 saturated heterocycles. The van der Waals surface area contributed by atoms with Gasteiger partial charge in [0.25, 0.3) is 0 Å². The molecule has 2 aliphatic rings. The summed E-state index contributed by atoms with van der Waals surface area (Å²) in [4.78, 5) is 2.71. The molecule has 2 fully saturated rings. The molecule has 1 aliphatic carbocycles. The van der Waals surface area contributed by atoms with Crippen LogP contribution in [0.4, 0.5) is 0 Å². The number of ether oxygens (including phenoxy) is 1. The van der Waals surface area contributed by atoms with Crippen molar-refractivity contribution in [2.24, 2.45) is 5.92 Å². The van der Waals surface area contributed by atoms with E-state index in [1.165, 1.54) is 45.2 Å². The molecule has 0 aromatic rings. The van der Waals surface area contributed by atoms with Gasteiger partial charge in [-0.25, -0.2) is 0 Å². The van der Waals surface area contributed by atoms with E-state index in [-0.39, 0.29) is 0 Å². The monoisotopic (exact) mass is 240 g/mol. The van der Waals surface area contributed by atoms with Crippen LogP contribution in [0.5, 0.6) is 0 Å². The third-order valence-corrected chi connectivity index (χ3v) is 4.20. The van der Waals surface area contributed by atoms with Crippen molar-refractivity contribution in [3.05, 3.63) is 0 Å². The normalized spacial score (nSPS) is 26.6. The third kappa shape index (κ3) is 3.94. The van der Waals surface area contributed by atoms with Crippen LogP contribution in [0.25, 0.3) is 0 Å². The summed E-state index contributed by atoms with van der Waals surface area (Å²) in [7, 11) is 2.11. The van der Waals surface area contributed by atoms with E-state index in [1.807, 2.05) is 0 Å². The molecular formula is C14H28N2O.